The molecule has 1 aromatic carbocycles. The summed E-state index contributed by atoms with van der Waals surface area (Å²) in [6.45, 7) is 0.186. The lowest BCUT2D eigenvalue weighted by atomic mass is 10.1. The van der Waals surface area contributed by atoms with Gasteiger partial charge < -0.3 is 10.1 Å². The highest BCUT2D eigenvalue weighted by molar-refractivity contribution is 5.53. The molecule has 1 rings (SSSR count). The molecule has 0 radical (unpaired) electrons. The molecule has 0 bridgehead atoms. The van der Waals surface area contributed by atoms with Crippen LogP contribution in [0, 0.1) is 11.8 Å². The Labute approximate surface area is 97.8 Å². The predicted molar refractivity (Wildman–Crippen MR) is 59.7 cm³/mol. The van der Waals surface area contributed by atoms with Crippen molar-refractivity contribution in [2.75, 3.05) is 26.1 Å². The monoisotopic (exact) mass is 243 g/mol. The summed E-state index contributed by atoms with van der Waals surface area (Å²) in [6, 6.07) is 3.61. The quantitative estimate of drug-likeness (QED) is 0.806. The minimum absolute atomic E-state index is 0.186. The molecule has 2 nitrogen and oxygen atoms in total. The molecule has 1 aromatic rings. The summed E-state index contributed by atoms with van der Waals surface area (Å²) in [6.07, 6.45) is -4.37. The fraction of sp³-hybridized carbons (Fsp3) is 0.333. The Hall–Kier alpha value is -1.67. The summed E-state index contributed by atoms with van der Waals surface area (Å²) in [4.78, 5) is 0. The smallest absolute Gasteiger partial charge is 0.388 e. The van der Waals surface area contributed by atoms with Gasteiger partial charge in [0, 0.05) is 25.4 Å². The van der Waals surface area contributed by atoms with E-state index in [1.165, 1.54) is 7.11 Å². The number of alkyl halides is 3. The van der Waals surface area contributed by atoms with E-state index in [-0.39, 0.29) is 6.61 Å². The highest BCUT2D eigenvalue weighted by atomic mass is 19.4. The van der Waals surface area contributed by atoms with E-state index in [4.69, 9.17) is 4.74 Å². The van der Waals surface area contributed by atoms with Crippen LogP contribution in [0.15, 0.2) is 18.2 Å². The Bertz CT molecular complexity index is 443. The van der Waals surface area contributed by atoms with Gasteiger partial charge >= 0.3 is 6.18 Å². The average Bonchev–Trinajstić information content (AvgIpc) is 2.28. The molecule has 1 N–H and O–H groups in total. The van der Waals surface area contributed by atoms with Crippen LogP contribution < -0.4 is 5.32 Å². The summed E-state index contributed by atoms with van der Waals surface area (Å²) in [5, 5.41) is 2.67. The zero-order valence-electron chi connectivity index (χ0n) is 9.48. The van der Waals surface area contributed by atoms with Crippen molar-refractivity contribution in [3.8, 4) is 11.8 Å². The van der Waals surface area contributed by atoms with Crippen molar-refractivity contribution in [3.63, 3.8) is 0 Å². The third kappa shape index (κ3) is 4.00. The fourth-order valence-electron chi connectivity index (χ4n) is 1.22. The first-order valence-corrected chi connectivity index (χ1v) is 4.85. The van der Waals surface area contributed by atoms with Crippen LogP contribution in [0.1, 0.15) is 11.1 Å². The lowest BCUT2D eigenvalue weighted by Crippen LogP contribution is -2.06. The Morgan fingerprint density at radius 2 is 2.00 bits per heavy atom. The Balaban J connectivity index is 3.11. The van der Waals surface area contributed by atoms with E-state index >= 15 is 0 Å². The molecule has 17 heavy (non-hydrogen) atoms. The van der Waals surface area contributed by atoms with E-state index in [1.807, 2.05) is 0 Å². The minimum Gasteiger partial charge on any atom is -0.388 e. The van der Waals surface area contributed by atoms with Gasteiger partial charge in [-0.05, 0) is 18.2 Å². The van der Waals surface area contributed by atoms with Gasteiger partial charge in [-0.2, -0.15) is 13.2 Å². The second-order valence-electron chi connectivity index (χ2n) is 3.28. The molecule has 0 aliphatic carbocycles. The Morgan fingerprint density at radius 1 is 1.29 bits per heavy atom. The van der Waals surface area contributed by atoms with Gasteiger partial charge in [0.05, 0.1) is 5.56 Å². The molecular weight excluding hydrogens is 231 g/mol. The van der Waals surface area contributed by atoms with Crippen molar-refractivity contribution >= 4 is 5.69 Å². The highest BCUT2D eigenvalue weighted by Gasteiger charge is 2.31. The summed E-state index contributed by atoms with van der Waals surface area (Å²) < 4.78 is 42.4. The SMILES string of the molecule is CNc1cc(C#CCOC)cc(C(F)(F)F)c1. The van der Waals surface area contributed by atoms with Gasteiger partial charge in [-0.15, -0.1) is 0 Å². The van der Waals surface area contributed by atoms with Crippen molar-refractivity contribution in [1.82, 2.24) is 0 Å². The molecule has 0 aliphatic heterocycles. The molecule has 0 heterocycles. The number of hydrogen-bond acceptors (Lipinski definition) is 2. The number of nitrogens with one attached hydrogen (secondary N) is 1. The number of rotatable bonds is 2. The van der Waals surface area contributed by atoms with Crippen LogP contribution in [0.5, 0.6) is 0 Å². The normalized spacial score (nSPS) is 10.6. The molecule has 0 aliphatic rings. The second-order valence-corrected chi connectivity index (χ2v) is 3.28. The minimum atomic E-state index is -4.37. The van der Waals surface area contributed by atoms with Gasteiger partial charge in [-0.25, -0.2) is 0 Å². The Kier molecular flexibility index (Phi) is 4.41. The first-order valence-electron chi connectivity index (χ1n) is 4.85. The van der Waals surface area contributed by atoms with E-state index in [0.717, 1.165) is 12.1 Å². The summed E-state index contributed by atoms with van der Waals surface area (Å²) in [5.41, 5.74) is -0.0335. The number of anilines is 1. The van der Waals surface area contributed by atoms with Gasteiger partial charge in [0.1, 0.15) is 6.61 Å². The lowest BCUT2D eigenvalue weighted by molar-refractivity contribution is -0.137. The van der Waals surface area contributed by atoms with Crippen molar-refractivity contribution in [1.29, 1.82) is 0 Å². The molecule has 0 atom stereocenters. The first-order chi connectivity index (χ1) is 7.97. The summed E-state index contributed by atoms with van der Waals surface area (Å²) in [7, 11) is 3.03. The molecule has 0 unspecified atom stereocenters. The third-order valence-corrected chi connectivity index (χ3v) is 2.00. The van der Waals surface area contributed by atoms with Crippen LogP contribution in [0.25, 0.3) is 0 Å². The van der Waals surface area contributed by atoms with E-state index in [1.54, 1.807) is 13.1 Å². The third-order valence-electron chi connectivity index (χ3n) is 2.00. The molecule has 0 spiro atoms. The number of benzene rings is 1. The number of ether oxygens (including phenoxy) is 1. The summed E-state index contributed by atoms with van der Waals surface area (Å²) >= 11 is 0. The highest BCUT2D eigenvalue weighted by Crippen LogP contribution is 2.31. The lowest BCUT2D eigenvalue weighted by Gasteiger charge is -2.09. The van der Waals surface area contributed by atoms with E-state index in [0.29, 0.717) is 11.3 Å². The maximum Gasteiger partial charge on any atom is 0.416 e. The van der Waals surface area contributed by atoms with Crippen molar-refractivity contribution in [2.24, 2.45) is 0 Å². The molecule has 5 heteroatoms. The van der Waals surface area contributed by atoms with Crippen LogP contribution >= 0.6 is 0 Å². The second kappa shape index (κ2) is 5.60. The number of halogens is 3. The zero-order valence-corrected chi connectivity index (χ0v) is 9.48. The van der Waals surface area contributed by atoms with Gasteiger partial charge in [0.15, 0.2) is 0 Å². The maximum absolute atomic E-state index is 12.6. The zero-order chi connectivity index (χ0) is 12.9. The van der Waals surface area contributed by atoms with E-state index in [2.05, 4.69) is 17.2 Å². The molecule has 0 aromatic heterocycles. The summed E-state index contributed by atoms with van der Waals surface area (Å²) in [5.74, 6) is 5.23. The van der Waals surface area contributed by atoms with Gasteiger partial charge in [0.2, 0.25) is 0 Å². The molecule has 92 valence electrons. The van der Waals surface area contributed by atoms with Crippen molar-refractivity contribution < 1.29 is 17.9 Å². The average molecular weight is 243 g/mol. The van der Waals surface area contributed by atoms with E-state index < -0.39 is 11.7 Å². The maximum atomic E-state index is 12.6. The number of methoxy groups -OCH3 is 1. The molecule has 0 fully saturated rings. The molecule has 0 saturated heterocycles. The fourth-order valence-corrected chi connectivity index (χ4v) is 1.22. The molecule has 0 amide bonds. The Morgan fingerprint density at radius 3 is 2.53 bits per heavy atom. The van der Waals surface area contributed by atoms with Gasteiger partial charge in [-0.3, -0.25) is 0 Å². The van der Waals surface area contributed by atoms with Crippen LogP contribution in [0.3, 0.4) is 0 Å². The van der Waals surface area contributed by atoms with Gasteiger partial charge in [-0.1, -0.05) is 11.8 Å². The predicted octanol–water partition coefficient (Wildman–Crippen LogP) is 2.75. The number of hydrogen-bond donors (Lipinski definition) is 1. The molecule has 0 saturated carbocycles. The van der Waals surface area contributed by atoms with Crippen molar-refractivity contribution in [2.45, 2.75) is 6.18 Å². The van der Waals surface area contributed by atoms with Crippen LogP contribution in [-0.4, -0.2) is 20.8 Å². The van der Waals surface area contributed by atoms with Crippen LogP contribution in [0.4, 0.5) is 18.9 Å². The first kappa shape index (κ1) is 13.4. The van der Waals surface area contributed by atoms with Gasteiger partial charge in [0.25, 0.3) is 0 Å². The standard InChI is InChI=1S/C12H12F3NO/c1-16-11-7-9(4-3-5-17-2)6-10(8-11)12(13,14)15/h6-8,16H,5H2,1-2H3. The molecular formula is C12H12F3NO. The van der Waals surface area contributed by atoms with E-state index in [9.17, 15) is 13.2 Å². The van der Waals surface area contributed by atoms with Crippen LogP contribution in [0.2, 0.25) is 0 Å². The topological polar surface area (TPSA) is 21.3 Å². The van der Waals surface area contributed by atoms with Crippen LogP contribution in [-0.2, 0) is 10.9 Å². The largest absolute Gasteiger partial charge is 0.416 e. The van der Waals surface area contributed by atoms with Crippen molar-refractivity contribution in [3.05, 3.63) is 29.3 Å².